The minimum absolute atomic E-state index is 0.0329. The van der Waals surface area contributed by atoms with Crippen molar-refractivity contribution < 1.29 is 14.3 Å². The van der Waals surface area contributed by atoms with Crippen molar-refractivity contribution in [2.24, 2.45) is 0 Å². The first-order valence-corrected chi connectivity index (χ1v) is 6.92. The molecule has 0 unspecified atom stereocenters. The van der Waals surface area contributed by atoms with Gasteiger partial charge in [-0.05, 0) is 12.1 Å². The summed E-state index contributed by atoms with van der Waals surface area (Å²) in [6, 6.07) is 7.24. The summed E-state index contributed by atoms with van der Waals surface area (Å²) in [5.74, 6) is -0.0661. The molecule has 1 aliphatic rings. The maximum Gasteiger partial charge on any atom is 0.255 e. The van der Waals surface area contributed by atoms with E-state index in [-0.39, 0.29) is 18.4 Å². The molecule has 0 atom stereocenters. The SMILES string of the molecule is COCC(=O)N1CCN(C(=O)c2ccccc2S)CC1. The van der Waals surface area contributed by atoms with Gasteiger partial charge in [0, 0.05) is 38.2 Å². The zero-order valence-electron chi connectivity index (χ0n) is 11.4. The van der Waals surface area contributed by atoms with Crippen LogP contribution in [0.4, 0.5) is 0 Å². The van der Waals surface area contributed by atoms with E-state index in [4.69, 9.17) is 4.74 Å². The fourth-order valence-electron chi connectivity index (χ4n) is 2.20. The first kappa shape index (κ1) is 14.9. The minimum Gasteiger partial charge on any atom is -0.375 e. The van der Waals surface area contributed by atoms with Crippen LogP contribution in [0.25, 0.3) is 0 Å². The third-order valence-electron chi connectivity index (χ3n) is 3.32. The van der Waals surface area contributed by atoms with Crippen LogP contribution in [0.2, 0.25) is 0 Å². The zero-order valence-corrected chi connectivity index (χ0v) is 12.3. The molecule has 0 aliphatic carbocycles. The number of benzene rings is 1. The standard InChI is InChI=1S/C14H18N2O3S/c1-19-10-13(17)15-6-8-16(9-7-15)14(18)11-4-2-3-5-12(11)20/h2-5,20H,6-10H2,1H3. The number of carbonyl (C=O) groups excluding carboxylic acids is 2. The Labute approximate surface area is 123 Å². The van der Waals surface area contributed by atoms with E-state index in [1.165, 1.54) is 7.11 Å². The van der Waals surface area contributed by atoms with Crippen LogP contribution in [0, 0.1) is 0 Å². The second kappa shape index (κ2) is 6.76. The second-order valence-corrected chi connectivity index (χ2v) is 5.10. The number of thiol groups is 1. The van der Waals surface area contributed by atoms with Crippen molar-refractivity contribution in [1.29, 1.82) is 0 Å². The zero-order chi connectivity index (χ0) is 14.5. The highest BCUT2D eigenvalue weighted by Crippen LogP contribution is 2.16. The molecule has 1 aromatic carbocycles. The summed E-state index contributed by atoms with van der Waals surface area (Å²) in [6.45, 7) is 2.26. The predicted molar refractivity (Wildman–Crippen MR) is 78.1 cm³/mol. The van der Waals surface area contributed by atoms with Crippen molar-refractivity contribution >= 4 is 24.4 Å². The summed E-state index contributed by atoms with van der Waals surface area (Å²) in [6.07, 6.45) is 0. The number of piperazine rings is 1. The number of hydrogen-bond donors (Lipinski definition) is 1. The van der Waals surface area contributed by atoms with Crippen molar-refractivity contribution in [3.8, 4) is 0 Å². The molecule has 0 aromatic heterocycles. The number of ether oxygens (including phenoxy) is 1. The lowest BCUT2D eigenvalue weighted by Gasteiger charge is -2.34. The van der Waals surface area contributed by atoms with Crippen LogP contribution in [0.5, 0.6) is 0 Å². The Balaban J connectivity index is 1.96. The van der Waals surface area contributed by atoms with E-state index >= 15 is 0 Å². The molecule has 1 heterocycles. The van der Waals surface area contributed by atoms with E-state index < -0.39 is 0 Å². The molecule has 1 aliphatic heterocycles. The van der Waals surface area contributed by atoms with Crippen LogP contribution < -0.4 is 0 Å². The van der Waals surface area contributed by atoms with Crippen LogP contribution in [0.15, 0.2) is 29.2 Å². The van der Waals surface area contributed by atoms with Gasteiger partial charge in [0.2, 0.25) is 5.91 Å². The van der Waals surface area contributed by atoms with E-state index in [1.807, 2.05) is 12.1 Å². The molecule has 108 valence electrons. The van der Waals surface area contributed by atoms with E-state index in [9.17, 15) is 9.59 Å². The molecule has 0 N–H and O–H groups in total. The van der Waals surface area contributed by atoms with Crippen LogP contribution >= 0.6 is 12.6 Å². The number of rotatable bonds is 3. The number of amides is 2. The third kappa shape index (κ3) is 3.32. The average Bonchev–Trinajstić information content (AvgIpc) is 2.47. The van der Waals surface area contributed by atoms with Gasteiger partial charge in [-0.3, -0.25) is 9.59 Å². The molecule has 1 aromatic rings. The van der Waals surface area contributed by atoms with Gasteiger partial charge in [0.15, 0.2) is 0 Å². The number of carbonyl (C=O) groups is 2. The average molecular weight is 294 g/mol. The summed E-state index contributed by atoms with van der Waals surface area (Å²) in [7, 11) is 1.50. The molecule has 0 radical (unpaired) electrons. The van der Waals surface area contributed by atoms with Gasteiger partial charge < -0.3 is 14.5 Å². The number of methoxy groups -OCH3 is 1. The normalized spacial score (nSPS) is 15.3. The number of hydrogen-bond acceptors (Lipinski definition) is 4. The van der Waals surface area contributed by atoms with Gasteiger partial charge in [0.1, 0.15) is 6.61 Å². The maximum atomic E-state index is 12.4. The topological polar surface area (TPSA) is 49.9 Å². The summed E-state index contributed by atoms with van der Waals surface area (Å²) < 4.78 is 4.83. The minimum atomic E-state index is -0.0332. The van der Waals surface area contributed by atoms with Gasteiger partial charge in [-0.1, -0.05) is 12.1 Å². The smallest absolute Gasteiger partial charge is 0.255 e. The molecule has 1 fully saturated rings. The molecular weight excluding hydrogens is 276 g/mol. The fraction of sp³-hybridized carbons (Fsp3) is 0.429. The molecule has 0 saturated carbocycles. The van der Waals surface area contributed by atoms with E-state index in [0.29, 0.717) is 36.6 Å². The second-order valence-electron chi connectivity index (χ2n) is 4.62. The Hall–Kier alpha value is -1.53. The van der Waals surface area contributed by atoms with Crippen molar-refractivity contribution in [2.75, 3.05) is 39.9 Å². The van der Waals surface area contributed by atoms with Gasteiger partial charge in [-0.15, -0.1) is 12.6 Å². The van der Waals surface area contributed by atoms with Gasteiger partial charge in [0.25, 0.3) is 5.91 Å². The van der Waals surface area contributed by atoms with Crippen LogP contribution in [-0.4, -0.2) is 61.5 Å². The number of nitrogens with zero attached hydrogens (tertiary/aromatic N) is 2. The lowest BCUT2D eigenvalue weighted by atomic mass is 10.2. The first-order valence-electron chi connectivity index (χ1n) is 6.47. The highest BCUT2D eigenvalue weighted by Gasteiger charge is 2.25. The molecule has 2 rings (SSSR count). The molecule has 2 amide bonds. The third-order valence-corrected chi connectivity index (χ3v) is 3.71. The molecular formula is C14H18N2O3S. The van der Waals surface area contributed by atoms with Gasteiger partial charge in [0.05, 0.1) is 5.56 Å². The summed E-state index contributed by atoms with van der Waals surface area (Å²) in [5.41, 5.74) is 0.604. The van der Waals surface area contributed by atoms with Crippen LogP contribution in [0.3, 0.4) is 0 Å². The van der Waals surface area contributed by atoms with Gasteiger partial charge in [-0.25, -0.2) is 0 Å². The highest BCUT2D eigenvalue weighted by molar-refractivity contribution is 7.80. The lowest BCUT2D eigenvalue weighted by molar-refractivity contribution is -0.136. The highest BCUT2D eigenvalue weighted by atomic mass is 32.1. The Bertz CT molecular complexity index is 499. The lowest BCUT2D eigenvalue weighted by Crippen LogP contribution is -2.51. The monoisotopic (exact) mass is 294 g/mol. The van der Waals surface area contributed by atoms with Crippen molar-refractivity contribution in [3.63, 3.8) is 0 Å². The van der Waals surface area contributed by atoms with E-state index in [1.54, 1.807) is 21.9 Å². The van der Waals surface area contributed by atoms with Crippen molar-refractivity contribution in [2.45, 2.75) is 4.90 Å². The van der Waals surface area contributed by atoms with Crippen LogP contribution in [-0.2, 0) is 9.53 Å². The molecule has 0 spiro atoms. The predicted octanol–water partition coefficient (Wildman–Crippen LogP) is 0.906. The quantitative estimate of drug-likeness (QED) is 0.843. The van der Waals surface area contributed by atoms with E-state index in [0.717, 1.165) is 0 Å². The largest absolute Gasteiger partial charge is 0.375 e. The fourth-order valence-corrected chi connectivity index (χ4v) is 2.45. The Morgan fingerprint density at radius 2 is 1.75 bits per heavy atom. The molecule has 0 bridgehead atoms. The molecule has 1 saturated heterocycles. The summed E-state index contributed by atoms with van der Waals surface area (Å²) in [4.78, 5) is 28.2. The Morgan fingerprint density at radius 1 is 1.15 bits per heavy atom. The first-order chi connectivity index (χ1) is 9.63. The van der Waals surface area contributed by atoms with E-state index in [2.05, 4.69) is 12.6 Å². The summed E-state index contributed by atoms with van der Waals surface area (Å²) >= 11 is 4.31. The molecule has 6 heteroatoms. The molecule has 5 nitrogen and oxygen atoms in total. The Morgan fingerprint density at radius 3 is 2.35 bits per heavy atom. The summed E-state index contributed by atoms with van der Waals surface area (Å²) in [5, 5.41) is 0. The van der Waals surface area contributed by atoms with Crippen molar-refractivity contribution in [3.05, 3.63) is 29.8 Å². The molecule has 20 heavy (non-hydrogen) atoms. The van der Waals surface area contributed by atoms with Gasteiger partial charge >= 0.3 is 0 Å². The van der Waals surface area contributed by atoms with Crippen molar-refractivity contribution in [1.82, 2.24) is 9.80 Å². The van der Waals surface area contributed by atoms with Crippen LogP contribution in [0.1, 0.15) is 10.4 Å². The Kier molecular flexibility index (Phi) is 5.03. The van der Waals surface area contributed by atoms with Gasteiger partial charge in [-0.2, -0.15) is 0 Å². The maximum absolute atomic E-state index is 12.4.